The Morgan fingerprint density at radius 3 is 2.72 bits per heavy atom. The van der Waals surface area contributed by atoms with E-state index < -0.39 is 5.97 Å². The van der Waals surface area contributed by atoms with Crippen LogP contribution in [0.2, 0.25) is 0 Å². The molecule has 0 amide bonds. The molecule has 0 aromatic carbocycles. The van der Waals surface area contributed by atoms with Crippen LogP contribution < -0.4 is 4.90 Å². The smallest absolute Gasteiger partial charge is 0.335 e. The molecule has 1 heterocycles. The highest BCUT2D eigenvalue weighted by Crippen LogP contribution is 2.19. The highest BCUT2D eigenvalue weighted by atomic mass is 16.4. The minimum absolute atomic E-state index is 0.160. The summed E-state index contributed by atoms with van der Waals surface area (Å²) >= 11 is 0. The summed E-state index contributed by atoms with van der Waals surface area (Å²) in [6.45, 7) is 4.46. The van der Waals surface area contributed by atoms with Crippen LogP contribution in [0.5, 0.6) is 0 Å². The average molecular weight is 247 g/mol. The van der Waals surface area contributed by atoms with E-state index in [0.29, 0.717) is 18.8 Å². The summed E-state index contributed by atoms with van der Waals surface area (Å²) in [7, 11) is 1.80. The Bertz CT molecular complexity index is 478. The van der Waals surface area contributed by atoms with Crippen molar-refractivity contribution in [2.45, 2.75) is 26.2 Å². The van der Waals surface area contributed by atoms with Gasteiger partial charge in [0, 0.05) is 19.3 Å². The Morgan fingerprint density at radius 1 is 1.56 bits per heavy atom. The molecule has 0 bridgehead atoms. The molecule has 0 spiro atoms. The van der Waals surface area contributed by atoms with E-state index in [0.717, 1.165) is 5.69 Å². The van der Waals surface area contributed by atoms with Crippen molar-refractivity contribution in [1.29, 1.82) is 5.26 Å². The Morgan fingerprint density at radius 2 is 2.22 bits per heavy atom. The number of anilines is 1. The van der Waals surface area contributed by atoms with Gasteiger partial charge in [-0.25, -0.2) is 9.78 Å². The molecular formula is C13H17N3O2. The second-order valence-electron chi connectivity index (χ2n) is 4.43. The lowest BCUT2D eigenvalue weighted by atomic mass is 10.1. The Kier molecular flexibility index (Phi) is 4.67. The van der Waals surface area contributed by atoms with Crippen LogP contribution in [0.3, 0.4) is 0 Å². The maximum absolute atomic E-state index is 11.1. The fraction of sp³-hybridized carbons (Fsp3) is 0.462. The molecule has 1 N–H and O–H groups in total. The van der Waals surface area contributed by atoms with Crippen LogP contribution in [-0.4, -0.2) is 29.7 Å². The van der Waals surface area contributed by atoms with Gasteiger partial charge in [0.2, 0.25) is 0 Å². The first-order valence-electron chi connectivity index (χ1n) is 5.79. The molecule has 5 nitrogen and oxygen atoms in total. The molecule has 0 atom stereocenters. The van der Waals surface area contributed by atoms with Gasteiger partial charge in [0.25, 0.3) is 0 Å². The van der Waals surface area contributed by atoms with Crippen LogP contribution in [0.1, 0.15) is 42.2 Å². The first-order valence-corrected chi connectivity index (χ1v) is 5.79. The Hall–Kier alpha value is -2.09. The highest BCUT2D eigenvalue weighted by molar-refractivity contribution is 5.88. The molecule has 1 aromatic heterocycles. The Balaban J connectivity index is 3.11. The van der Waals surface area contributed by atoms with E-state index in [2.05, 4.69) is 11.1 Å². The van der Waals surface area contributed by atoms with Crippen LogP contribution in [0.4, 0.5) is 5.82 Å². The van der Waals surface area contributed by atoms with Gasteiger partial charge < -0.3 is 10.0 Å². The van der Waals surface area contributed by atoms with Crippen LogP contribution >= 0.6 is 0 Å². The zero-order valence-electron chi connectivity index (χ0n) is 10.8. The fourth-order valence-electron chi connectivity index (χ4n) is 1.48. The van der Waals surface area contributed by atoms with E-state index in [1.807, 2.05) is 13.8 Å². The maximum Gasteiger partial charge on any atom is 0.335 e. The molecule has 0 unspecified atom stereocenters. The van der Waals surface area contributed by atoms with Gasteiger partial charge in [0.15, 0.2) is 0 Å². The van der Waals surface area contributed by atoms with Gasteiger partial charge in [-0.1, -0.05) is 13.8 Å². The summed E-state index contributed by atoms with van der Waals surface area (Å²) in [5.74, 6) is -0.212. The summed E-state index contributed by atoms with van der Waals surface area (Å²) in [6, 6.07) is 5.18. The quantitative estimate of drug-likeness (QED) is 0.863. The van der Waals surface area contributed by atoms with Gasteiger partial charge >= 0.3 is 5.97 Å². The number of hydrogen-bond donors (Lipinski definition) is 1. The minimum atomic E-state index is -0.964. The average Bonchev–Trinajstić information content (AvgIpc) is 2.35. The number of nitriles is 1. The topological polar surface area (TPSA) is 77.2 Å². The largest absolute Gasteiger partial charge is 0.478 e. The monoisotopic (exact) mass is 247 g/mol. The summed E-state index contributed by atoms with van der Waals surface area (Å²) in [5, 5.41) is 17.6. The van der Waals surface area contributed by atoms with E-state index in [1.165, 1.54) is 6.07 Å². The maximum atomic E-state index is 11.1. The Labute approximate surface area is 107 Å². The van der Waals surface area contributed by atoms with Crippen molar-refractivity contribution in [2.24, 2.45) is 0 Å². The molecule has 0 aliphatic heterocycles. The summed E-state index contributed by atoms with van der Waals surface area (Å²) < 4.78 is 0. The third-order valence-corrected chi connectivity index (χ3v) is 2.62. The predicted octanol–water partition coefficient (Wildman–Crippen LogP) is 2.25. The molecular weight excluding hydrogens is 230 g/mol. The van der Waals surface area contributed by atoms with E-state index in [4.69, 9.17) is 10.4 Å². The molecule has 0 aliphatic carbocycles. The van der Waals surface area contributed by atoms with Gasteiger partial charge in [-0.05, 0) is 18.1 Å². The molecule has 0 fully saturated rings. The van der Waals surface area contributed by atoms with Crippen molar-refractivity contribution in [1.82, 2.24) is 4.98 Å². The van der Waals surface area contributed by atoms with Crippen LogP contribution in [0.25, 0.3) is 0 Å². The van der Waals surface area contributed by atoms with Crippen LogP contribution in [0.15, 0.2) is 12.1 Å². The number of carbonyl (C=O) groups is 1. The number of aromatic carboxylic acids is 1. The van der Waals surface area contributed by atoms with Crippen molar-refractivity contribution in [3.05, 3.63) is 23.4 Å². The third kappa shape index (κ3) is 3.45. The number of hydrogen-bond acceptors (Lipinski definition) is 4. The van der Waals surface area contributed by atoms with Gasteiger partial charge in [0.05, 0.1) is 18.1 Å². The molecule has 0 saturated carbocycles. The van der Waals surface area contributed by atoms with Crippen LogP contribution in [0, 0.1) is 11.3 Å². The van der Waals surface area contributed by atoms with Gasteiger partial charge in [0.1, 0.15) is 5.82 Å². The zero-order valence-corrected chi connectivity index (χ0v) is 10.8. The summed E-state index contributed by atoms with van der Waals surface area (Å²) in [4.78, 5) is 17.3. The van der Waals surface area contributed by atoms with Gasteiger partial charge in [-0.3, -0.25) is 0 Å². The number of rotatable bonds is 5. The number of aromatic nitrogens is 1. The normalized spacial score (nSPS) is 10.2. The van der Waals surface area contributed by atoms with Crippen molar-refractivity contribution >= 4 is 11.8 Å². The number of carboxylic acids is 1. The molecule has 1 aromatic rings. The lowest BCUT2D eigenvalue weighted by Gasteiger charge is -2.19. The first-order chi connectivity index (χ1) is 8.45. The lowest BCUT2D eigenvalue weighted by molar-refractivity contribution is 0.0696. The fourth-order valence-corrected chi connectivity index (χ4v) is 1.48. The summed E-state index contributed by atoms with van der Waals surface area (Å²) in [5.41, 5.74) is 0.973. The van der Waals surface area contributed by atoms with E-state index in [9.17, 15) is 4.79 Å². The van der Waals surface area contributed by atoms with Crippen molar-refractivity contribution < 1.29 is 9.90 Å². The molecule has 96 valence electrons. The lowest BCUT2D eigenvalue weighted by Crippen LogP contribution is -2.20. The van der Waals surface area contributed by atoms with E-state index in [-0.39, 0.29) is 11.5 Å². The number of pyridine rings is 1. The predicted molar refractivity (Wildman–Crippen MR) is 68.8 cm³/mol. The second-order valence-corrected chi connectivity index (χ2v) is 4.43. The first kappa shape index (κ1) is 14.0. The van der Waals surface area contributed by atoms with Crippen molar-refractivity contribution in [2.75, 3.05) is 18.5 Å². The molecule has 1 rings (SSSR count). The molecule has 0 aliphatic rings. The molecule has 18 heavy (non-hydrogen) atoms. The van der Waals surface area contributed by atoms with Gasteiger partial charge in [-0.2, -0.15) is 5.26 Å². The van der Waals surface area contributed by atoms with Crippen LogP contribution in [-0.2, 0) is 0 Å². The van der Waals surface area contributed by atoms with Crippen molar-refractivity contribution in [3.63, 3.8) is 0 Å². The van der Waals surface area contributed by atoms with E-state index in [1.54, 1.807) is 18.0 Å². The molecule has 0 saturated heterocycles. The SMILES string of the molecule is CC(C)c1cc(C(=O)O)cc(N(C)CCC#N)n1. The number of nitrogens with zero attached hydrogens (tertiary/aromatic N) is 3. The van der Waals surface area contributed by atoms with E-state index >= 15 is 0 Å². The van der Waals surface area contributed by atoms with Crippen molar-refractivity contribution in [3.8, 4) is 6.07 Å². The third-order valence-electron chi connectivity index (χ3n) is 2.62. The second kappa shape index (κ2) is 6.01. The standard InChI is InChI=1S/C13H17N3O2/c1-9(2)11-7-10(13(17)18)8-12(15-11)16(3)6-4-5-14/h7-9H,4,6H2,1-3H3,(H,17,18). The van der Waals surface area contributed by atoms with Gasteiger partial charge in [-0.15, -0.1) is 0 Å². The molecule has 0 radical (unpaired) electrons. The zero-order chi connectivity index (χ0) is 13.7. The molecule has 5 heteroatoms. The minimum Gasteiger partial charge on any atom is -0.478 e. The highest BCUT2D eigenvalue weighted by Gasteiger charge is 2.12. The number of carboxylic acid groups (broad SMARTS) is 1. The summed E-state index contributed by atoms with van der Waals surface area (Å²) in [6.07, 6.45) is 0.381.